The largest absolute Gasteiger partial charge is 0.383 e. The fourth-order valence-corrected chi connectivity index (χ4v) is 6.91. The highest BCUT2D eigenvalue weighted by atomic mass is 32.2. The predicted octanol–water partition coefficient (Wildman–Crippen LogP) is 2.48. The van der Waals surface area contributed by atoms with Crippen LogP contribution in [0.1, 0.15) is 30.9 Å². The van der Waals surface area contributed by atoms with Crippen molar-refractivity contribution in [1.29, 1.82) is 0 Å². The molecule has 1 saturated heterocycles. The average Bonchev–Trinajstić information content (AvgIpc) is 2.91. The van der Waals surface area contributed by atoms with Gasteiger partial charge in [-0.05, 0) is 44.4 Å². The van der Waals surface area contributed by atoms with Gasteiger partial charge in [-0.2, -0.15) is 4.31 Å². The Morgan fingerprint density at radius 3 is 2.19 bits per heavy atom. The van der Waals surface area contributed by atoms with Crippen LogP contribution in [0.2, 0.25) is 0 Å². The van der Waals surface area contributed by atoms with Crippen LogP contribution in [0.3, 0.4) is 0 Å². The molecular formula is C26H37N3O6S2. The molecule has 0 aromatic heterocycles. The molecule has 3 rings (SSSR count). The lowest BCUT2D eigenvalue weighted by Crippen LogP contribution is -2.51. The van der Waals surface area contributed by atoms with E-state index in [1.54, 1.807) is 30.0 Å². The molecule has 0 radical (unpaired) electrons. The van der Waals surface area contributed by atoms with Gasteiger partial charge in [-0.25, -0.2) is 21.1 Å². The minimum Gasteiger partial charge on any atom is -0.383 e. The highest BCUT2D eigenvalue weighted by Gasteiger charge is 2.34. The lowest BCUT2D eigenvalue weighted by Gasteiger charge is -2.39. The number of benzene rings is 2. The Balaban J connectivity index is 1.86. The second-order valence-corrected chi connectivity index (χ2v) is 13.4. The van der Waals surface area contributed by atoms with Crippen LogP contribution in [0.25, 0.3) is 0 Å². The highest BCUT2D eigenvalue weighted by molar-refractivity contribution is 7.89. The van der Waals surface area contributed by atoms with Crippen LogP contribution in [0, 0.1) is 6.92 Å². The molecule has 204 valence electrons. The maximum absolute atomic E-state index is 13.7. The first-order valence-corrected chi connectivity index (χ1v) is 15.5. The molecule has 0 atom stereocenters. The molecule has 0 spiro atoms. The van der Waals surface area contributed by atoms with E-state index in [9.17, 15) is 21.6 Å². The smallest absolute Gasteiger partial charge is 0.243 e. The van der Waals surface area contributed by atoms with E-state index in [0.717, 1.165) is 15.4 Å². The number of ether oxygens (including phenoxy) is 1. The van der Waals surface area contributed by atoms with Crippen molar-refractivity contribution < 1.29 is 26.4 Å². The topological polar surface area (TPSA) is 104 Å². The van der Waals surface area contributed by atoms with E-state index >= 15 is 0 Å². The molecule has 11 heteroatoms. The maximum atomic E-state index is 13.7. The number of carbonyl (C=O) groups excluding carboxylic acids is 1. The number of nitrogens with zero attached hydrogens (tertiary/aromatic N) is 3. The zero-order valence-electron chi connectivity index (χ0n) is 21.7. The number of hydrogen-bond acceptors (Lipinski definition) is 6. The minimum absolute atomic E-state index is 0.0328. The van der Waals surface area contributed by atoms with E-state index in [-0.39, 0.29) is 42.3 Å². The van der Waals surface area contributed by atoms with E-state index in [2.05, 4.69) is 0 Å². The van der Waals surface area contributed by atoms with Gasteiger partial charge in [0.1, 0.15) is 0 Å². The van der Waals surface area contributed by atoms with Gasteiger partial charge < -0.3 is 9.64 Å². The summed E-state index contributed by atoms with van der Waals surface area (Å²) in [5, 5.41) is 0. The summed E-state index contributed by atoms with van der Waals surface area (Å²) in [5.74, 6) is -0.289. The van der Waals surface area contributed by atoms with Crippen LogP contribution in [0.4, 0.5) is 0 Å². The number of methoxy groups -OCH3 is 1. The number of amides is 1. The number of carbonyl (C=O) groups is 1. The summed E-state index contributed by atoms with van der Waals surface area (Å²) in [5.41, 5.74) is 2.02. The van der Waals surface area contributed by atoms with E-state index in [4.69, 9.17) is 4.74 Å². The predicted molar refractivity (Wildman–Crippen MR) is 143 cm³/mol. The van der Waals surface area contributed by atoms with Crippen molar-refractivity contribution in [2.24, 2.45) is 0 Å². The number of piperidine rings is 1. The van der Waals surface area contributed by atoms with Crippen LogP contribution in [-0.4, -0.2) is 87.9 Å². The summed E-state index contributed by atoms with van der Waals surface area (Å²) in [6, 6.07) is 15.7. The lowest BCUT2D eigenvalue weighted by molar-refractivity contribution is -0.135. The molecule has 0 saturated carbocycles. The van der Waals surface area contributed by atoms with Crippen molar-refractivity contribution in [3.05, 3.63) is 65.7 Å². The van der Waals surface area contributed by atoms with Gasteiger partial charge in [-0.15, -0.1) is 0 Å². The molecule has 1 amide bonds. The second-order valence-electron chi connectivity index (χ2n) is 9.18. The molecule has 0 N–H and O–H groups in total. The first kappa shape index (κ1) is 29.2. The summed E-state index contributed by atoms with van der Waals surface area (Å²) in [6.45, 7) is 4.42. The first-order valence-electron chi connectivity index (χ1n) is 12.5. The van der Waals surface area contributed by atoms with Crippen LogP contribution < -0.4 is 0 Å². The van der Waals surface area contributed by atoms with Gasteiger partial charge in [0, 0.05) is 39.3 Å². The van der Waals surface area contributed by atoms with Gasteiger partial charge in [-0.1, -0.05) is 48.0 Å². The van der Waals surface area contributed by atoms with Crippen molar-refractivity contribution in [2.45, 2.75) is 44.2 Å². The molecule has 9 nitrogen and oxygen atoms in total. The standard InChI is InChI=1S/C26H37N3O6S2/c1-4-36(31,32)27-16-14-24(15-17-27)29(20-23-12-10-22(2)11-13-23)26(30)21-28(18-19-35-3)37(33,34)25-8-6-5-7-9-25/h5-13,24H,4,14-21H2,1-3H3. The van der Waals surface area contributed by atoms with Crippen LogP contribution in [-0.2, 0) is 36.1 Å². The van der Waals surface area contributed by atoms with Gasteiger partial charge in [-0.3, -0.25) is 4.79 Å². The second kappa shape index (κ2) is 13.0. The Hall–Kier alpha value is -2.31. The highest BCUT2D eigenvalue weighted by Crippen LogP contribution is 2.23. The molecule has 0 aliphatic carbocycles. The van der Waals surface area contributed by atoms with E-state index in [1.807, 2.05) is 31.2 Å². The summed E-state index contributed by atoms with van der Waals surface area (Å²) in [4.78, 5) is 15.6. The number of hydrogen-bond donors (Lipinski definition) is 0. The molecule has 0 unspecified atom stereocenters. The van der Waals surface area contributed by atoms with E-state index in [1.165, 1.54) is 23.5 Å². The van der Waals surface area contributed by atoms with Gasteiger partial charge >= 0.3 is 0 Å². The molecule has 1 heterocycles. The van der Waals surface area contributed by atoms with E-state index < -0.39 is 20.0 Å². The van der Waals surface area contributed by atoms with Crippen molar-refractivity contribution in [2.75, 3.05) is 45.6 Å². The molecule has 0 bridgehead atoms. The quantitative estimate of drug-likeness (QED) is 0.402. The van der Waals surface area contributed by atoms with E-state index in [0.29, 0.717) is 32.5 Å². The van der Waals surface area contributed by atoms with Crippen molar-refractivity contribution in [1.82, 2.24) is 13.5 Å². The van der Waals surface area contributed by atoms with Crippen molar-refractivity contribution in [3.8, 4) is 0 Å². The Labute approximate surface area is 221 Å². The van der Waals surface area contributed by atoms with Crippen molar-refractivity contribution >= 4 is 26.0 Å². The minimum atomic E-state index is -3.92. The number of rotatable bonds is 12. The third-order valence-corrected chi connectivity index (χ3v) is 10.4. The molecule has 1 aliphatic heterocycles. The van der Waals surface area contributed by atoms with Gasteiger partial charge in [0.15, 0.2) is 0 Å². The van der Waals surface area contributed by atoms with Crippen LogP contribution in [0.15, 0.2) is 59.5 Å². The normalized spacial score (nSPS) is 15.7. The Morgan fingerprint density at radius 1 is 1.00 bits per heavy atom. The Kier molecular flexibility index (Phi) is 10.3. The molecule has 1 fully saturated rings. The molecule has 37 heavy (non-hydrogen) atoms. The third-order valence-electron chi connectivity index (χ3n) is 6.65. The first-order chi connectivity index (χ1) is 17.6. The lowest BCUT2D eigenvalue weighted by atomic mass is 10.0. The summed E-state index contributed by atoms with van der Waals surface area (Å²) >= 11 is 0. The Morgan fingerprint density at radius 2 is 1.62 bits per heavy atom. The van der Waals surface area contributed by atoms with Crippen molar-refractivity contribution in [3.63, 3.8) is 0 Å². The molecule has 2 aromatic rings. The summed E-state index contributed by atoms with van der Waals surface area (Å²) < 4.78 is 59.2. The van der Waals surface area contributed by atoms with Gasteiger partial charge in [0.05, 0.1) is 23.8 Å². The van der Waals surface area contributed by atoms with Gasteiger partial charge in [0.25, 0.3) is 0 Å². The average molecular weight is 552 g/mol. The zero-order chi connectivity index (χ0) is 27.1. The third kappa shape index (κ3) is 7.61. The Bertz CT molecular complexity index is 1230. The maximum Gasteiger partial charge on any atom is 0.243 e. The zero-order valence-corrected chi connectivity index (χ0v) is 23.4. The number of sulfonamides is 2. The molecular weight excluding hydrogens is 514 g/mol. The molecule has 1 aliphatic rings. The number of aryl methyl sites for hydroxylation is 1. The summed E-state index contributed by atoms with van der Waals surface area (Å²) in [7, 11) is -5.75. The van der Waals surface area contributed by atoms with Crippen LogP contribution in [0.5, 0.6) is 0 Å². The molecule has 2 aromatic carbocycles. The fraction of sp³-hybridized carbons (Fsp3) is 0.500. The van der Waals surface area contributed by atoms with Crippen LogP contribution >= 0.6 is 0 Å². The SMILES string of the molecule is CCS(=O)(=O)N1CCC(N(Cc2ccc(C)cc2)C(=O)CN(CCOC)S(=O)(=O)c2ccccc2)CC1. The fourth-order valence-electron chi connectivity index (χ4n) is 4.39. The summed E-state index contributed by atoms with van der Waals surface area (Å²) in [6.07, 6.45) is 0.973. The monoisotopic (exact) mass is 551 g/mol. The van der Waals surface area contributed by atoms with Gasteiger partial charge in [0.2, 0.25) is 26.0 Å².